The molecule has 0 aliphatic rings. The molecule has 1 heterocycles. The summed E-state index contributed by atoms with van der Waals surface area (Å²) in [5, 5.41) is 11.7. The highest BCUT2D eigenvalue weighted by atomic mass is 32.2. The first-order chi connectivity index (χ1) is 13.3. The molecule has 2 aromatic carbocycles. The molecule has 1 atom stereocenters. The standard InChI is InChI=1S/C21H22N4O2S/c1-13-6-5-7-17(12-13)19-23-24-21(25(19)4)28-15(3)20(27)22-18-10-8-16(9-11-18)14(2)26/h5-12,15H,1-4H3,(H,22,27)/t15-/m1/s1. The lowest BCUT2D eigenvalue weighted by Gasteiger charge is -2.12. The van der Waals surface area contributed by atoms with E-state index in [2.05, 4.69) is 21.6 Å². The molecule has 0 aliphatic heterocycles. The number of hydrogen-bond acceptors (Lipinski definition) is 5. The Bertz CT molecular complexity index is 1010. The van der Waals surface area contributed by atoms with Crippen LogP contribution in [0, 0.1) is 6.92 Å². The molecule has 144 valence electrons. The summed E-state index contributed by atoms with van der Waals surface area (Å²) in [5.41, 5.74) is 3.41. The molecular formula is C21H22N4O2S. The zero-order valence-corrected chi connectivity index (χ0v) is 17.1. The van der Waals surface area contributed by atoms with Crippen LogP contribution in [0.25, 0.3) is 11.4 Å². The number of amides is 1. The first-order valence-corrected chi connectivity index (χ1v) is 9.78. The van der Waals surface area contributed by atoms with Gasteiger partial charge in [-0.05, 0) is 51.1 Å². The third kappa shape index (κ3) is 4.48. The third-order valence-electron chi connectivity index (χ3n) is 4.32. The van der Waals surface area contributed by atoms with E-state index in [1.54, 1.807) is 24.3 Å². The van der Waals surface area contributed by atoms with Gasteiger partial charge in [0.15, 0.2) is 16.8 Å². The number of anilines is 1. The molecule has 0 saturated carbocycles. The second-order valence-corrected chi connectivity index (χ2v) is 7.93. The average Bonchev–Trinajstić information content (AvgIpc) is 3.02. The van der Waals surface area contributed by atoms with Crippen LogP contribution in [-0.4, -0.2) is 31.7 Å². The zero-order chi connectivity index (χ0) is 20.3. The van der Waals surface area contributed by atoms with Crippen molar-refractivity contribution in [2.24, 2.45) is 7.05 Å². The van der Waals surface area contributed by atoms with Crippen LogP contribution in [0.15, 0.2) is 53.7 Å². The second kappa shape index (κ2) is 8.39. The minimum atomic E-state index is -0.360. The van der Waals surface area contributed by atoms with E-state index in [0.29, 0.717) is 16.4 Å². The highest BCUT2D eigenvalue weighted by Crippen LogP contribution is 2.26. The van der Waals surface area contributed by atoms with Gasteiger partial charge in [0.25, 0.3) is 0 Å². The van der Waals surface area contributed by atoms with Crippen molar-refractivity contribution in [1.82, 2.24) is 14.8 Å². The number of aromatic nitrogens is 3. The van der Waals surface area contributed by atoms with Gasteiger partial charge >= 0.3 is 0 Å². The summed E-state index contributed by atoms with van der Waals surface area (Å²) >= 11 is 1.35. The van der Waals surface area contributed by atoms with E-state index in [4.69, 9.17) is 0 Å². The van der Waals surface area contributed by atoms with E-state index in [-0.39, 0.29) is 16.9 Å². The predicted molar refractivity (Wildman–Crippen MR) is 112 cm³/mol. The lowest BCUT2D eigenvalue weighted by atomic mass is 10.1. The minimum absolute atomic E-state index is 0.00602. The highest BCUT2D eigenvalue weighted by Gasteiger charge is 2.19. The average molecular weight is 395 g/mol. The fourth-order valence-electron chi connectivity index (χ4n) is 2.70. The largest absolute Gasteiger partial charge is 0.325 e. The van der Waals surface area contributed by atoms with Crippen molar-refractivity contribution < 1.29 is 9.59 Å². The first kappa shape index (κ1) is 19.8. The molecule has 1 amide bonds. The van der Waals surface area contributed by atoms with Crippen molar-refractivity contribution in [2.45, 2.75) is 31.2 Å². The fourth-order valence-corrected chi connectivity index (χ4v) is 3.51. The number of benzene rings is 2. The smallest absolute Gasteiger partial charge is 0.237 e. The Morgan fingerprint density at radius 1 is 1.11 bits per heavy atom. The summed E-state index contributed by atoms with van der Waals surface area (Å²) < 4.78 is 1.89. The Hall–Kier alpha value is -2.93. The van der Waals surface area contributed by atoms with Gasteiger partial charge in [-0.1, -0.05) is 35.5 Å². The topological polar surface area (TPSA) is 76.9 Å². The number of carbonyl (C=O) groups is 2. The van der Waals surface area contributed by atoms with E-state index < -0.39 is 0 Å². The molecular weight excluding hydrogens is 372 g/mol. The maximum absolute atomic E-state index is 12.5. The molecule has 0 fully saturated rings. The summed E-state index contributed by atoms with van der Waals surface area (Å²) in [4.78, 5) is 23.9. The summed E-state index contributed by atoms with van der Waals surface area (Å²) in [5.74, 6) is 0.618. The van der Waals surface area contributed by atoms with Gasteiger partial charge in [-0.25, -0.2) is 0 Å². The van der Waals surface area contributed by atoms with Crippen molar-refractivity contribution in [1.29, 1.82) is 0 Å². The van der Waals surface area contributed by atoms with Crippen molar-refractivity contribution in [3.63, 3.8) is 0 Å². The molecule has 0 unspecified atom stereocenters. The maximum Gasteiger partial charge on any atom is 0.237 e. The van der Waals surface area contributed by atoms with Crippen LogP contribution >= 0.6 is 11.8 Å². The van der Waals surface area contributed by atoms with E-state index in [1.165, 1.54) is 18.7 Å². The monoisotopic (exact) mass is 394 g/mol. The number of Topliss-reactive ketones (excluding diaryl/α,β-unsaturated/α-hetero) is 1. The van der Waals surface area contributed by atoms with Gasteiger partial charge in [0.05, 0.1) is 5.25 Å². The summed E-state index contributed by atoms with van der Waals surface area (Å²) in [6, 6.07) is 14.9. The van der Waals surface area contributed by atoms with Crippen LogP contribution in [0.3, 0.4) is 0 Å². The Labute approximate surface area is 168 Å². The zero-order valence-electron chi connectivity index (χ0n) is 16.3. The van der Waals surface area contributed by atoms with Crippen LogP contribution in [0.4, 0.5) is 5.69 Å². The number of nitrogens with zero attached hydrogens (tertiary/aromatic N) is 3. The molecule has 3 aromatic rings. The van der Waals surface area contributed by atoms with Gasteiger partial charge < -0.3 is 9.88 Å². The van der Waals surface area contributed by atoms with Crippen molar-refractivity contribution in [2.75, 3.05) is 5.32 Å². The van der Waals surface area contributed by atoms with Gasteiger partial charge in [0, 0.05) is 23.9 Å². The Morgan fingerprint density at radius 2 is 1.82 bits per heavy atom. The fraction of sp³-hybridized carbons (Fsp3) is 0.238. The molecule has 0 spiro atoms. The molecule has 3 rings (SSSR count). The minimum Gasteiger partial charge on any atom is -0.325 e. The predicted octanol–water partition coefficient (Wildman–Crippen LogP) is 4.11. The summed E-state index contributed by atoms with van der Waals surface area (Å²) in [6.45, 7) is 5.37. The van der Waals surface area contributed by atoms with Crippen LogP contribution in [0.5, 0.6) is 0 Å². The lowest BCUT2D eigenvalue weighted by molar-refractivity contribution is -0.115. The molecule has 0 radical (unpaired) electrons. The number of thioether (sulfide) groups is 1. The Balaban J connectivity index is 1.68. The Kier molecular flexibility index (Phi) is 5.94. The van der Waals surface area contributed by atoms with E-state index in [1.807, 2.05) is 43.7 Å². The Morgan fingerprint density at radius 3 is 2.46 bits per heavy atom. The number of hydrogen-bond donors (Lipinski definition) is 1. The number of aryl methyl sites for hydroxylation is 1. The molecule has 0 saturated heterocycles. The molecule has 1 aromatic heterocycles. The number of ketones is 1. The van der Waals surface area contributed by atoms with E-state index in [0.717, 1.165) is 17.0 Å². The number of nitrogens with one attached hydrogen (secondary N) is 1. The molecule has 28 heavy (non-hydrogen) atoms. The summed E-state index contributed by atoms with van der Waals surface area (Å²) in [6.07, 6.45) is 0. The van der Waals surface area contributed by atoms with Crippen LogP contribution < -0.4 is 5.32 Å². The number of rotatable bonds is 6. The van der Waals surface area contributed by atoms with Gasteiger partial charge in [-0.3, -0.25) is 9.59 Å². The van der Waals surface area contributed by atoms with Gasteiger partial charge in [-0.2, -0.15) is 0 Å². The quantitative estimate of drug-likeness (QED) is 0.503. The SMILES string of the molecule is CC(=O)c1ccc(NC(=O)[C@@H](C)Sc2nnc(-c3cccc(C)c3)n2C)cc1. The highest BCUT2D eigenvalue weighted by molar-refractivity contribution is 8.00. The van der Waals surface area contributed by atoms with Gasteiger partial charge in [-0.15, -0.1) is 10.2 Å². The van der Waals surface area contributed by atoms with Crippen molar-refractivity contribution in [3.8, 4) is 11.4 Å². The second-order valence-electron chi connectivity index (χ2n) is 6.62. The van der Waals surface area contributed by atoms with Crippen LogP contribution in [0.1, 0.15) is 29.8 Å². The first-order valence-electron chi connectivity index (χ1n) is 8.90. The molecule has 0 aliphatic carbocycles. The molecule has 0 bridgehead atoms. The molecule has 1 N–H and O–H groups in total. The summed E-state index contributed by atoms with van der Waals surface area (Å²) in [7, 11) is 1.89. The number of carbonyl (C=O) groups excluding carboxylic acids is 2. The van der Waals surface area contributed by atoms with E-state index >= 15 is 0 Å². The molecule has 6 nitrogen and oxygen atoms in total. The normalized spacial score (nSPS) is 11.9. The van der Waals surface area contributed by atoms with Crippen molar-refractivity contribution in [3.05, 3.63) is 59.7 Å². The lowest BCUT2D eigenvalue weighted by Crippen LogP contribution is -2.22. The maximum atomic E-state index is 12.5. The van der Waals surface area contributed by atoms with Crippen LogP contribution in [-0.2, 0) is 11.8 Å². The van der Waals surface area contributed by atoms with Gasteiger partial charge in [0.2, 0.25) is 5.91 Å². The van der Waals surface area contributed by atoms with Crippen molar-refractivity contribution >= 4 is 29.1 Å². The third-order valence-corrected chi connectivity index (χ3v) is 5.46. The van der Waals surface area contributed by atoms with Crippen LogP contribution in [0.2, 0.25) is 0 Å². The van der Waals surface area contributed by atoms with E-state index in [9.17, 15) is 9.59 Å². The molecule has 7 heteroatoms. The van der Waals surface area contributed by atoms with Gasteiger partial charge in [0.1, 0.15) is 0 Å².